The van der Waals surface area contributed by atoms with Gasteiger partial charge >= 0.3 is 5.97 Å². The monoisotopic (exact) mass is 410 g/mol. The van der Waals surface area contributed by atoms with E-state index in [0.717, 1.165) is 26.4 Å². The number of fused-ring (bicyclic) bond motifs is 1. The minimum atomic E-state index is -1.06. The highest BCUT2D eigenvalue weighted by molar-refractivity contribution is 7.98. The molecule has 0 amide bonds. The normalized spacial score (nSPS) is 11.2. The van der Waals surface area contributed by atoms with Crippen LogP contribution < -0.4 is 0 Å². The third-order valence-corrected chi connectivity index (χ3v) is 6.67. The Morgan fingerprint density at radius 2 is 1.96 bits per heavy atom. The molecular formula is C21H18N2O3S2. The summed E-state index contributed by atoms with van der Waals surface area (Å²) in [6.07, 6.45) is 1.58. The van der Waals surface area contributed by atoms with Crippen LogP contribution >= 0.6 is 23.1 Å². The first-order valence-corrected chi connectivity index (χ1v) is 10.5. The van der Waals surface area contributed by atoms with Crippen molar-refractivity contribution >= 4 is 39.3 Å². The summed E-state index contributed by atoms with van der Waals surface area (Å²) >= 11 is 3.19. The summed E-state index contributed by atoms with van der Waals surface area (Å²) in [4.78, 5) is 22.1. The largest absolute Gasteiger partial charge is 0.475 e. The van der Waals surface area contributed by atoms with Crippen molar-refractivity contribution in [3.63, 3.8) is 0 Å². The zero-order valence-corrected chi connectivity index (χ0v) is 17.3. The number of carboxylic acid groups (broad SMARTS) is 1. The molecule has 142 valence electrons. The minimum absolute atomic E-state index is 0.0503. The van der Waals surface area contributed by atoms with Crippen LogP contribution in [0.3, 0.4) is 0 Å². The number of benzene rings is 1. The number of nitrogens with zero attached hydrogens (tertiary/aromatic N) is 2. The van der Waals surface area contributed by atoms with Crippen LogP contribution in [-0.4, -0.2) is 21.0 Å². The fourth-order valence-corrected chi connectivity index (χ4v) is 5.06. The Morgan fingerprint density at radius 1 is 1.14 bits per heavy atom. The van der Waals surface area contributed by atoms with Crippen LogP contribution in [0.15, 0.2) is 46.1 Å². The second-order valence-corrected chi connectivity index (χ2v) is 8.72. The Balaban J connectivity index is 1.74. The standard InChI is InChI=1S/C21H18N2O3S2/c1-11-4-5-14(8-12(11)2)17-13(3)28-20-18(17)19(22-10-23-20)27-9-15-6-7-16(26-15)21(24)25/h4-8,10H,9H2,1-3H3,(H,24,25). The van der Waals surface area contributed by atoms with E-state index in [4.69, 9.17) is 9.52 Å². The lowest BCUT2D eigenvalue weighted by molar-refractivity contribution is 0.0661. The van der Waals surface area contributed by atoms with Crippen LogP contribution in [0, 0.1) is 20.8 Å². The molecule has 0 fully saturated rings. The average molecular weight is 411 g/mol. The molecule has 0 bridgehead atoms. The molecule has 5 nitrogen and oxygen atoms in total. The molecule has 1 aromatic carbocycles. The second-order valence-electron chi connectivity index (χ2n) is 6.55. The summed E-state index contributed by atoms with van der Waals surface area (Å²) in [6.45, 7) is 6.33. The highest BCUT2D eigenvalue weighted by atomic mass is 32.2. The molecule has 3 aromatic heterocycles. The smallest absolute Gasteiger partial charge is 0.371 e. The zero-order chi connectivity index (χ0) is 19.8. The number of carbonyl (C=O) groups is 1. The van der Waals surface area contributed by atoms with Gasteiger partial charge in [0.2, 0.25) is 5.76 Å². The van der Waals surface area contributed by atoms with Gasteiger partial charge in [0.05, 0.1) is 11.1 Å². The first-order chi connectivity index (χ1) is 13.4. The summed E-state index contributed by atoms with van der Waals surface area (Å²) in [6, 6.07) is 9.66. The van der Waals surface area contributed by atoms with E-state index >= 15 is 0 Å². The van der Waals surface area contributed by atoms with Crippen molar-refractivity contribution < 1.29 is 14.3 Å². The van der Waals surface area contributed by atoms with E-state index in [-0.39, 0.29) is 5.76 Å². The van der Waals surface area contributed by atoms with E-state index in [1.54, 1.807) is 23.7 Å². The molecule has 0 radical (unpaired) electrons. The maximum Gasteiger partial charge on any atom is 0.371 e. The molecule has 7 heteroatoms. The molecule has 0 unspecified atom stereocenters. The van der Waals surface area contributed by atoms with Crippen molar-refractivity contribution in [3.05, 3.63) is 64.2 Å². The minimum Gasteiger partial charge on any atom is -0.475 e. The van der Waals surface area contributed by atoms with Crippen LogP contribution in [0.1, 0.15) is 32.3 Å². The molecule has 0 aliphatic carbocycles. The number of rotatable bonds is 5. The van der Waals surface area contributed by atoms with E-state index in [2.05, 4.69) is 48.9 Å². The number of furan rings is 1. The highest BCUT2D eigenvalue weighted by Crippen LogP contribution is 2.42. The molecule has 1 N–H and O–H groups in total. The van der Waals surface area contributed by atoms with Crippen LogP contribution in [0.25, 0.3) is 21.3 Å². The van der Waals surface area contributed by atoms with Crippen molar-refractivity contribution in [2.75, 3.05) is 0 Å². The van der Waals surface area contributed by atoms with Crippen LogP contribution in [0.4, 0.5) is 0 Å². The molecule has 4 rings (SSSR count). The number of aromatic carboxylic acids is 1. The lowest BCUT2D eigenvalue weighted by Crippen LogP contribution is -1.92. The Bertz CT molecular complexity index is 1190. The molecule has 28 heavy (non-hydrogen) atoms. The van der Waals surface area contributed by atoms with Crippen LogP contribution in [0.2, 0.25) is 0 Å². The van der Waals surface area contributed by atoms with Gasteiger partial charge in [0.25, 0.3) is 0 Å². The van der Waals surface area contributed by atoms with Crippen molar-refractivity contribution in [2.45, 2.75) is 31.6 Å². The number of carboxylic acids is 1. The molecule has 0 aliphatic heterocycles. The van der Waals surface area contributed by atoms with E-state index in [9.17, 15) is 4.79 Å². The summed E-state index contributed by atoms with van der Waals surface area (Å²) in [5, 5.41) is 10.9. The van der Waals surface area contributed by atoms with Gasteiger partial charge in [-0.2, -0.15) is 0 Å². The summed E-state index contributed by atoms with van der Waals surface area (Å²) in [5.41, 5.74) is 4.84. The fraction of sp³-hybridized carbons (Fsp3) is 0.190. The van der Waals surface area contributed by atoms with E-state index in [0.29, 0.717) is 11.5 Å². The maximum absolute atomic E-state index is 11.0. The Labute approximate surface area is 170 Å². The van der Waals surface area contributed by atoms with Gasteiger partial charge in [0.1, 0.15) is 21.9 Å². The Hall–Kier alpha value is -2.64. The first-order valence-electron chi connectivity index (χ1n) is 8.70. The number of aryl methyl sites for hydroxylation is 3. The van der Waals surface area contributed by atoms with Crippen molar-refractivity contribution in [1.82, 2.24) is 9.97 Å². The van der Waals surface area contributed by atoms with Crippen LogP contribution in [-0.2, 0) is 5.75 Å². The van der Waals surface area contributed by atoms with Crippen molar-refractivity contribution in [3.8, 4) is 11.1 Å². The predicted octanol–water partition coefficient (Wildman–Crippen LogP) is 5.87. The first kappa shape index (κ1) is 18.7. The Morgan fingerprint density at radius 3 is 2.68 bits per heavy atom. The third-order valence-electron chi connectivity index (χ3n) is 4.65. The maximum atomic E-state index is 11.0. The SMILES string of the molecule is Cc1ccc(-c2c(C)sc3ncnc(SCc4ccc(C(=O)O)o4)c23)cc1C. The van der Waals surface area contributed by atoms with Gasteiger partial charge in [0, 0.05) is 10.4 Å². The summed E-state index contributed by atoms with van der Waals surface area (Å²) in [5.74, 6) is -0.00802. The highest BCUT2D eigenvalue weighted by Gasteiger charge is 2.18. The van der Waals surface area contributed by atoms with Gasteiger partial charge in [-0.1, -0.05) is 30.0 Å². The number of hydrogen-bond acceptors (Lipinski definition) is 6. The predicted molar refractivity (Wildman–Crippen MR) is 112 cm³/mol. The molecule has 0 spiro atoms. The Kier molecular flexibility index (Phi) is 4.95. The van der Waals surface area contributed by atoms with Gasteiger partial charge in [-0.3, -0.25) is 0 Å². The van der Waals surface area contributed by atoms with E-state index in [1.165, 1.54) is 33.8 Å². The molecule has 0 aliphatic rings. The van der Waals surface area contributed by atoms with Gasteiger partial charge < -0.3 is 9.52 Å². The van der Waals surface area contributed by atoms with Gasteiger partial charge in [-0.25, -0.2) is 14.8 Å². The van der Waals surface area contributed by atoms with Gasteiger partial charge in [-0.15, -0.1) is 11.3 Å². The number of thiophene rings is 1. The zero-order valence-electron chi connectivity index (χ0n) is 15.6. The topological polar surface area (TPSA) is 76.2 Å². The number of hydrogen-bond donors (Lipinski definition) is 1. The summed E-state index contributed by atoms with van der Waals surface area (Å²) < 4.78 is 5.37. The van der Waals surface area contributed by atoms with Crippen LogP contribution in [0.5, 0.6) is 0 Å². The van der Waals surface area contributed by atoms with Gasteiger partial charge in [-0.05, 0) is 49.6 Å². The molecule has 4 aromatic rings. The van der Waals surface area contributed by atoms with Crippen molar-refractivity contribution in [2.24, 2.45) is 0 Å². The average Bonchev–Trinajstić information content (AvgIpc) is 3.26. The quantitative estimate of drug-likeness (QED) is 0.328. The van der Waals surface area contributed by atoms with E-state index < -0.39 is 5.97 Å². The number of thioether (sulfide) groups is 1. The number of aromatic nitrogens is 2. The lowest BCUT2D eigenvalue weighted by Gasteiger charge is -2.08. The molecule has 0 saturated heterocycles. The fourth-order valence-electron chi connectivity index (χ4n) is 3.08. The van der Waals surface area contributed by atoms with Crippen molar-refractivity contribution in [1.29, 1.82) is 0 Å². The molecule has 0 atom stereocenters. The molecule has 0 saturated carbocycles. The molecular weight excluding hydrogens is 392 g/mol. The van der Waals surface area contributed by atoms with Gasteiger partial charge in [0.15, 0.2) is 0 Å². The molecule has 3 heterocycles. The summed E-state index contributed by atoms with van der Waals surface area (Å²) in [7, 11) is 0. The van der Waals surface area contributed by atoms with E-state index in [1.807, 2.05) is 0 Å². The third kappa shape index (κ3) is 3.43. The second kappa shape index (κ2) is 7.41. The lowest BCUT2D eigenvalue weighted by atomic mass is 9.99.